The van der Waals surface area contributed by atoms with Crippen LogP contribution in [0.3, 0.4) is 0 Å². The molecule has 1 aromatic heterocycles. The molecule has 1 rings (SSSR count). The van der Waals surface area contributed by atoms with E-state index >= 15 is 0 Å². The van der Waals surface area contributed by atoms with Gasteiger partial charge in [-0.05, 0) is 13.8 Å². The van der Waals surface area contributed by atoms with E-state index in [-0.39, 0.29) is 32.1 Å². The summed E-state index contributed by atoms with van der Waals surface area (Å²) in [5, 5.41) is 3.39. The number of hydrogen-bond acceptors (Lipinski definition) is 4. The number of rotatable bonds is 6. The maximum absolute atomic E-state index is 12.5. The summed E-state index contributed by atoms with van der Waals surface area (Å²) in [7, 11) is 0. The molecule has 0 amide bonds. The molecule has 0 aliphatic carbocycles. The van der Waals surface area contributed by atoms with Gasteiger partial charge in [0.1, 0.15) is 0 Å². The van der Waals surface area contributed by atoms with E-state index in [2.05, 4.69) is 5.10 Å². The molecule has 0 N–H and O–H groups in total. The van der Waals surface area contributed by atoms with Crippen molar-refractivity contribution in [3.05, 3.63) is 11.8 Å². The number of nitrogens with zero attached hydrogens (tertiary/aromatic N) is 2. The maximum atomic E-state index is 12.5. The lowest BCUT2D eigenvalue weighted by molar-refractivity contribution is -0.143. The third-order valence-electron chi connectivity index (χ3n) is 2.16. The van der Waals surface area contributed by atoms with Gasteiger partial charge >= 0.3 is 12.1 Å². The van der Waals surface area contributed by atoms with E-state index in [4.69, 9.17) is 9.47 Å². The molecular formula is C11H15F3N2O3. The van der Waals surface area contributed by atoms with Crippen molar-refractivity contribution < 1.29 is 27.4 Å². The van der Waals surface area contributed by atoms with Gasteiger partial charge in [-0.1, -0.05) is 0 Å². The van der Waals surface area contributed by atoms with Gasteiger partial charge in [-0.15, -0.1) is 0 Å². The highest BCUT2D eigenvalue weighted by Crippen LogP contribution is 2.30. The molecule has 1 heterocycles. The third kappa shape index (κ3) is 4.46. The molecule has 0 aromatic carbocycles. The lowest BCUT2D eigenvalue weighted by Crippen LogP contribution is -2.12. The van der Waals surface area contributed by atoms with Crippen LogP contribution in [0.25, 0.3) is 0 Å². The summed E-state index contributed by atoms with van der Waals surface area (Å²) in [6.07, 6.45) is -4.60. The molecule has 0 bridgehead atoms. The largest absolute Gasteiger partial charge is 0.478 e. The number of hydrogen-bond donors (Lipinski definition) is 0. The minimum Gasteiger partial charge on any atom is -0.478 e. The van der Waals surface area contributed by atoms with Gasteiger partial charge in [0.2, 0.25) is 5.88 Å². The van der Waals surface area contributed by atoms with Crippen molar-refractivity contribution in [1.29, 1.82) is 0 Å². The molecule has 19 heavy (non-hydrogen) atoms. The highest BCUT2D eigenvalue weighted by molar-refractivity contribution is 5.69. The van der Waals surface area contributed by atoms with Crippen LogP contribution in [0.4, 0.5) is 13.2 Å². The molecule has 0 aliphatic heterocycles. The van der Waals surface area contributed by atoms with Gasteiger partial charge < -0.3 is 9.47 Å². The Morgan fingerprint density at radius 1 is 1.37 bits per heavy atom. The molecule has 0 spiro atoms. The number of aryl methyl sites for hydroxylation is 1. The van der Waals surface area contributed by atoms with E-state index in [0.29, 0.717) is 0 Å². The fourth-order valence-corrected chi connectivity index (χ4v) is 1.39. The zero-order chi connectivity index (χ0) is 14.5. The van der Waals surface area contributed by atoms with Crippen LogP contribution in [-0.2, 0) is 22.3 Å². The molecule has 0 atom stereocenters. The molecule has 108 valence electrons. The van der Waals surface area contributed by atoms with Crippen molar-refractivity contribution in [3.63, 3.8) is 0 Å². The van der Waals surface area contributed by atoms with Crippen LogP contribution >= 0.6 is 0 Å². The highest BCUT2D eigenvalue weighted by atomic mass is 19.4. The Morgan fingerprint density at radius 3 is 2.58 bits per heavy atom. The number of carbonyl (C=O) groups is 1. The number of alkyl halides is 3. The van der Waals surface area contributed by atoms with Crippen LogP contribution in [0, 0.1) is 0 Å². The Labute approximate surface area is 108 Å². The van der Waals surface area contributed by atoms with Gasteiger partial charge in [-0.2, -0.15) is 18.3 Å². The van der Waals surface area contributed by atoms with Gasteiger partial charge in [0, 0.05) is 6.07 Å². The summed E-state index contributed by atoms with van der Waals surface area (Å²) < 4.78 is 48.3. The first-order chi connectivity index (χ1) is 8.88. The topological polar surface area (TPSA) is 53.4 Å². The second-order valence-electron chi connectivity index (χ2n) is 3.58. The average Bonchev–Trinajstić information content (AvgIpc) is 2.70. The van der Waals surface area contributed by atoms with Gasteiger partial charge in [0.25, 0.3) is 0 Å². The molecular weight excluding hydrogens is 265 g/mol. The van der Waals surface area contributed by atoms with Gasteiger partial charge in [-0.25, -0.2) is 4.68 Å². The van der Waals surface area contributed by atoms with Gasteiger partial charge in [0.15, 0.2) is 5.69 Å². The van der Waals surface area contributed by atoms with E-state index in [9.17, 15) is 18.0 Å². The van der Waals surface area contributed by atoms with Crippen molar-refractivity contribution in [2.24, 2.45) is 0 Å². The number of halogens is 3. The number of carbonyl (C=O) groups excluding carboxylic acids is 1. The SMILES string of the molecule is CCOC(=O)CCn1nc(C(F)(F)F)cc1OCC. The van der Waals surface area contributed by atoms with Crippen LogP contribution in [0.5, 0.6) is 5.88 Å². The number of ether oxygens (including phenoxy) is 2. The summed E-state index contributed by atoms with van der Waals surface area (Å²) in [6, 6.07) is 0.814. The average molecular weight is 280 g/mol. The first-order valence-electron chi connectivity index (χ1n) is 5.82. The minimum absolute atomic E-state index is 0.0147. The van der Waals surface area contributed by atoms with Crippen LogP contribution in [-0.4, -0.2) is 29.0 Å². The molecule has 5 nitrogen and oxygen atoms in total. The molecule has 0 unspecified atom stereocenters. The monoisotopic (exact) mass is 280 g/mol. The van der Waals surface area contributed by atoms with Gasteiger partial charge in [-0.3, -0.25) is 4.79 Å². The number of esters is 1. The molecule has 0 saturated carbocycles. The first-order valence-corrected chi connectivity index (χ1v) is 5.82. The Bertz CT molecular complexity index is 429. The normalized spacial score (nSPS) is 11.4. The quantitative estimate of drug-likeness (QED) is 0.750. The predicted octanol–water partition coefficient (Wildman–Crippen LogP) is 2.25. The fraction of sp³-hybridized carbons (Fsp3) is 0.636. The van der Waals surface area contributed by atoms with Crippen molar-refractivity contribution in [3.8, 4) is 5.88 Å². The van der Waals surface area contributed by atoms with Crippen LogP contribution in [0.2, 0.25) is 0 Å². The van der Waals surface area contributed by atoms with Crippen molar-refractivity contribution in [2.75, 3.05) is 13.2 Å². The Balaban J connectivity index is 2.80. The smallest absolute Gasteiger partial charge is 0.435 e. The van der Waals surface area contributed by atoms with E-state index < -0.39 is 17.8 Å². The second-order valence-corrected chi connectivity index (χ2v) is 3.58. The zero-order valence-corrected chi connectivity index (χ0v) is 10.7. The lowest BCUT2D eigenvalue weighted by atomic mass is 10.4. The summed E-state index contributed by atoms with van der Waals surface area (Å²) in [6.45, 7) is 3.71. The molecule has 0 aliphatic rings. The highest BCUT2D eigenvalue weighted by Gasteiger charge is 2.35. The van der Waals surface area contributed by atoms with Gasteiger partial charge in [0.05, 0.1) is 26.2 Å². The number of aromatic nitrogens is 2. The third-order valence-corrected chi connectivity index (χ3v) is 2.16. The van der Waals surface area contributed by atoms with Crippen LogP contribution in [0.15, 0.2) is 6.07 Å². The lowest BCUT2D eigenvalue weighted by Gasteiger charge is -2.07. The maximum Gasteiger partial charge on any atom is 0.435 e. The summed E-state index contributed by atoms with van der Waals surface area (Å²) in [5.41, 5.74) is -1.04. The van der Waals surface area contributed by atoms with E-state index in [0.717, 1.165) is 10.7 Å². The van der Waals surface area contributed by atoms with E-state index in [1.165, 1.54) is 0 Å². The van der Waals surface area contributed by atoms with Crippen LogP contribution in [0.1, 0.15) is 26.0 Å². The summed E-state index contributed by atoms with van der Waals surface area (Å²) in [4.78, 5) is 11.2. The summed E-state index contributed by atoms with van der Waals surface area (Å²) >= 11 is 0. The molecule has 8 heteroatoms. The molecule has 0 fully saturated rings. The predicted molar refractivity (Wildman–Crippen MR) is 59.6 cm³/mol. The van der Waals surface area contributed by atoms with Crippen molar-refractivity contribution in [1.82, 2.24) is 9.78 Å². The van der Waals surface area contributed by atoms with E-state index in [1.807, 2.05) is 0 Å². The minimum atomic E-state index is -4.54. The van der Waals surface area contributed by atoms with Crippen molar-refractivity contribution in [2.45, 2.75) is 33.0 Å². The fourth-order valence-electron chi connectivity index (χ4n) is 1.39. The first kappa shape index (κ1) is 15.3. The molecule has 1 aromatic rings. The molecule has 0 saturated heterocycles. The molecule has 0 radical (unpaired) electrons. The summed E-state index contributed by atoms with van der Waals surface area (Å²) in [5.74, 6) is -0.506. The van der Waals surface area contributed by atoms with Crippen molar-refractivity contribution >= 4 is 5.97 Å². The Hall–Kier alpha value is -1.73. The zero-order valence-electron chi connectivity index (χ0n) is 10.7. The second kappa shape index (κ2) is 6.44. The van der Waals surface area contributed by atoms with E-state index in [1.54, 1.807) is 13.8 Å². The Morgan fingerprint density at radius 2 is 2.05 bits per heavy atom. The Kier molecular flexibility index (Phi) is 5.20. The van der Waals surface area contributed by atoms with Crippen LogP contribution < -0.4 is 4.74 Å². The standard InChI is InChI=1S/C11H15F3N2O3/c1-3-18-9-7-8(11(12,13)14)15-16(9)6-5-10(17)19-4-2/h7H,3-6H2,1-2H3.